The lowest BCUT2D eigenvalue weighted by Crippen LogP contribution is -2.28. The first-order valence-electron chi connectivity index (χ1n) is 7.96. The minimum Gasteiger partial charge on any atom is -0.102 e. The molecule has 5 saturated carbocycles. The molecule has 0 saturated heterocycles. The zero-order valence-corrected chi connectivity index (χ0v) is 12.0. The van der Waals surface area contributed by atoms with E-state index in [1.165, 1.54) is 43.1 Å². The van der Waals surface area contributed by atoms with Gasteiger partial charge in [-0.05, 0) is 55.8 Å². The first-order chi connectivity index (χ1) is 8.63. The van der Waals surface area contributed by atoms with Gasteiger partial charge in [-0.2, -0.15) is 0 Å². The van der Waals surface area contributed by atoms with E-state index in [2.05, 4.69) is 26.2 Å². The van der Waals surface area contributed by atoms with Crippen LogP contribution in [0.15, 0.2) is 24.8 Å². The second-order valence-electron chi connectivity index (χ2n) is 7.35. The van der Waals surface area contributed by atoms with E-state index in [1.807, 2.05) is 0 Å². The molecule has 0 amide bonds. The van der Waals surface area contributed by atoms with E-state index in [1.54, 1.807) is 25.7 Å². The second kappa shape index (κ2) is 4.54. The number of fused-ring (bicyclic) bond motifs is 4. The smallest absolute Gasteiger partial charge is 0.00883 e. The van der Waals surface area contributed by atoms with Crippen molar-refractivity contribution in [3.8, 4) is 0 Å². The molecule has 4 bridgehead atoms. The zero-order valence-electron chi connectivity index (χ0n) is 12.0. The maximum atomic E-state index is 4.19. The van der Waals surface area contributed by atoms with Gasteiger partial charge in [0.1, 0.15) is 0 Å². The highest BCUT2D eigenvalue weighted by Crippen LogP contribution is 2.59. The van der Waals surface area contributed by atoms with Crippen LogP contribution in [0.4, 0.5) is 0 Å². The van der Waals surface area contributed by atoms with E-state index in [0.29, 0.717) is 0 Å². The summed E-state index contributed by atoms with van der Waals surface area (Å²) in [5, 5.41) is 0. The van der Waals surface area contributed by atoms with Crippen molar-refractivity contribution in [3.05, 3.63) is 24.8 Å². The highest BCUT2D eigenvalue weighted by Gasteiger charge is 2.48. The van der Waals surface area contributed by atoms with Crippen LogP contribution in [0.25, 0.3) is 0 Å². The molecular formula is C18H28. The Morgan fingerprint density at radius 2 is 1.72 bits per heavy atom. The quantitative estimate of drug-likeness (QED) is 0.545. The van der Waals surface area contributed by atoms with Crippen molar-refractivity contribution in [3.63, 3.8) is 0 Å². The van der Waals surface area contributed by atoms with E-state index in [9.17, 15) is 0 Å². The molecule has 18 heavy (non-hydrogen) atoms. The van der Waals surface area contributed by atoms with Gasteiger partial charge in [0.25, 0.3) is 0 Å². The van der Waals surface area contributed by atoms with Gasteiger partial charge in [0.15, 0.2) is 0 Å². The largest absolute Gasteiger partial charge is 0.102 e. The highest BCUT2D eigenvalue weighted by molar-refractivity contribution is 5.29. The monoisotopic (exact) mass is 244 g/mol. The van der Waals surface area contributed by atoms with Crippen LogP contribution in [0, 0.1) is 29.1 Å². The van der Waals surface area contributed by atoms with Gasteiger partial charge in [-0.3, -0.25) is 0 Å². The van der Waals surface area contributed by atoms with Crippen molar-refractivity contribution in [2.45, 2.75) is 58.3 Å². The van der Waals surface area contributed by atoms with Gasteiger partial charge in [0.2, 0.25) is 0 Å². The molecule has 5 aliphatic rings. The average Bonchev–Trinajstić information content (AvgIpc) is 2.94. The summed E-state index contributed by atoms with van der Waals surface area (Å²) in [4.78, 5) is 0. The zero-order chi connectivity index (χ0) is 12.8. The molecular weight excluding hydrogens is 216 g/mol. The molecule has 0 N–H and O–H groups in total. The van der Waals surface area contributed by atoms with Crippen molar-refractivity contribution >= 4 is 0 Å². The molecule has 3 unspecified atom stereocenters. The third-order valence-corrected chi connectivity index (χ3v) is 6.45. The minimum absolute atomic E-state index is 0.281. The van der Waals surface area contributed by atoms with Crippen LogP contribution >= 0.6 is 0 Å². The summed E-state index contributed by atoms with van der Waals surface area (Å²) in [6.07, 6.45) is 14.1. The predicted octanol–water partition coefficient (Wildman–Crippen LogP) is 5.36. The predicted molar refractivity (Wildman–Crippen MR) is 78.3 cm³/mol. The molecule has 100 valence electrons. The van der Waals surface area contributed by atoms with Gasteiger partial charge in [-0.1, -0.05) is 44.4 Å². The molecule has 0 heterocycles. The average molecular weight is 244 g/mol. The fourth-order valence-corrected chi connectivity index (χ4v) is 4.88. The topological polar surface area (TPSA) is 0 Å². The molecule has 0 heteroatoms. The van der Waals surface area contributed by atoms with Crippen LogP contribution < -0.4 is 0 Å². The number of hydrogen-bond acceptors (Lipinski definition) is 0. The third kappa shape index (κ3) is 1.89. The van der Waals surface area contributed by atoms with Crippen molar-refractivity contribution in [1.29, 1.82) is 0 Å². The summed E-state index contributed by atoms with van der Waals surface area (Å²) in [7, 11) is 0. The molecule has 3 atom stereocenters. The van der Waals surface area contributed by atoms with Gasteiger partial charge in [0.05, 0.1) is 0 Å². The van der Waals surface area contributed by atoms with Gasteiger partial charge < -0.3 is 0 Å². The summed E-state index contributed by atoms with van der Waals surface area (Å²) in [5.74, 6) is 4.04. The van der Waals surface area contributed by atoms with Gasteiger partial charge >= 0.3 is 0 Å². The molecule has 0 aromatic heterocycles. The first-order valence-corrected chi connectivity index (χ1v) is 7.96. The van der Waals surface area contributed by atoms with E-state index in [0.717, 1.165) is 11.8 Å². The number of hydrogen-bond donors (Lipinski definition) is 0. The number of allylic oxidation sites excluding steroid dienone is 2. The van der Waals surface area contributed by atoms with Gasteiger partial charge in [0, 0.05) is 5.41 Å². The molecule has 5 fully saturated rings. The molecule has 0 aromatic carbocycles. The molecule has 0 nitrogen and oxygen atoms in total. The molecule has 0 radical (unpaired) electrons. The summed E-state index contributed by atoms with van der Waals surface area (Å²) >= 11 is 0. The Morgan fingerprint density at radius 3 is 2.00 bits per heavy atom. The summed E-state index contributed by atoms with van der Waals surface area (Å²) in [6.45, 7) is 10.4. The Hall–Kier alpha value is -0.520. The van der Waals surface area contributed by atoms with Crippen molar-refractivity contribution in [2.75, 3.05) is 0 Å². The first kappa shape index (κ1) is 12.5. The van der Waals surface area contributed by atoms with E-state index in [-0.39, 0.29) is 5.41 Å². The van der Waals surface area contributed by atoms with Crippen LogP contribution in [0.2, 0.25) is 0 Å². The van der Waals surface area contributed by atoms with Gasteiger partial charge in [-0.25, -0.2) is 0 Å². The van der Waals surface area contributed by atoms with Crippen LogP contribution in [-0.4, -0.2) is 0 Å². The molecule has 0 spiro atoms. The molecule has 5 aliphatic carbocycles. The summed E-state index contributed by atoms with van der Waals surface area (Å²) < 4.78 is 0. The fourth-order valence-electron chi connectivity index (χ4n) is 4.88. The molecule has 5 rings (SSSR count). The molecule has 0 aliphatic heterocycles. The highest BCUT2D eigenvalue weighted by atomic mass is 14.5. The maximum Gasteiger partial charge on any atom is 0.00883 e. The molecule has 0 aromatic rings. The van der Waals surface area contributed by atoms with Crippen molar-refractivity contribution < 1.29 is 0 Å². The van der Waals surface area contributed by atoms with E-state index in [4.69, 9.17) is 0 Å². The van der Waals surface area contributed by atoms with Crippen LogP contribution in [0.5, 0.6) is 0 Å². The third-order valence-electron chi connectivity index (χ3n) is 6.45. The lowest BCUT2D eigenvalue weighted by Gasteiger charge is -2.40. The minimum atomic E-state index is 0.281. The Bertz CT molecular complexity index is 334. The second-order valence-corrected chi connectivity index (χ2v) is 7.35. The van der Waals surface area contributed by atoms with Crippen molar-refractivity contribution in [1.82, 2.24) is 0 Å². The van der Waals surface area contributed by atoms with Crippen LogP contribution in [0.1, 0.15) is 58.3 Å². The van der Waals surface area contributed by atoms with E-state index >= 15 is 0 Å². The summed E-state index contributed by atoms with van der Waals surface area (Å²) in [6, 6.07) is 0. The SMILES string of the molecule is C1CC2CC(C1)C2.C=CC1(C)C(=C)C2CCC1C2. The fraction of sp³-hybridized carbons (Fsp3) is 0.778. The Labute approximate surface area is 113 Å². The lowest BCUT2D eigenvalue weighted by molar-refractivity contribution is 0.116. The number of rotatable bonds is 1. The Kier molecular flexibility index (Phi) is 3.16. The van der Waals surface area contributed by atoms with Crippen molar-refractivity contribution in [2.24, 2.45) is 29.1 Å². The normalized spacial score (nSPS) is 48.2. The lowest BCUT2D eigenvalue weighted by atomic mass is 9.65. The Balaban J connectivity index is 0.000000122. The standard InChI is InChI=1S/C11H16.C7H12/c1-4-11(3)8(2)9-5-6-10(11)7-9;1-2-6-4-7(3-1)5-6/h4,9-10H,1-2,5-7H2,3H3;6-7H,1-5H2. The summed E-state index contributed by atoms with van der Waals surface area (Å²) in [5.41, 5.74) is 1.73. The van der Waals surface area contributed by atoms with Crippen LogP contribution in [0.3, 0.4) is 0 Å². The van der Waals surface area contributed by atoms with E-state index < -0.39 is 0 Å². The van der Waals surface area contributed by atoms with Gasteiger partial charge in [-0.15, -0.1) is 6.58 Å². The maximum absolute atomic E-state index is 4.19. The van der Waals surface area contributed by atoms with Crippen LogP contribution in [-0.2, 0) is 0 Å². The Morgan fingerprint density at radius 1 is 1.06 bits per heavy atom.